The van der Waals surface area contributed by atoms with Crippen LogP contribution in [0.4, 0.5) is 0 Å². The third-order valence-corrected chi connectivity index (χ3v) is 5.70. The van der Waals surface area contributed by atoms with Crippen molar-refractivity contribution in [2.24, 2.45) is 11.8 Å². The van der Waals surface area contributed by atoms with Gasteiger partial charge in [-0.25, -0.2) is 0 Å². The van der Waals surface area contributed by atoms with Gasteiger partial charge in [-0.05, 0) is 44.8 Å². The zero-order chi connectivity index (χ0) is 16.4. The molecule has 0 radical (unpaired) electrons. The van der Waals surface area contributed by atoms with E-state index in [2.05, 4.69) is 39.0 Å². The summed E-state index contributed by atoms with van der Waals surface area (Å²) in [4.78, 5) is 13.4. The van der Waals surface area contributed by atoms with Crippen molar-refractivity contribution in [3.05, 3.63) is 58.4 Å². The molecule has 4 aliphatic rings. The number of allylic oxidation sites excluding steroid dienone is 9. The highest BCUT2D eigenvalue weighted by Crippen LogP contribution is 2.48. The van der Waals surface area contributed by atoms with E-state index in [0.29, 0.717) is 4.86 Å². The molecule has 0 N–H and O–H groups in total. The Morgan fingerprint density at radius 1 is 1.30 bits per heavy atom. The molecule has 3 aliphatic carbocycles. The van der Waals surface area contributed by atoms with E-state index in [9.17, 15) is 4.79 Å². The Morgan fingerprint density at radius 3 is 2.87 bits per heavy atom. The maximum Gasteiger partial charge on any atom is 0.200 e. The summed E-state index contributed by atoms with van der Waals surface area (Å²) >= 11 is 5.60. The number of carbonyl (C=O) groups is 1. The Balaban J connectivity index is 1.92. The molecule has 2 nitrogen and oxygen atoms in total. The van der Waals surface area contributed by atoms with Crippen LogP contribution in [0.25, 0.3) is 0 Å². The molecule has 0 aromatic rings. The zero-order valence-electron chi connectivity index (χ0n) is 13.7. The van der Waals surface area contributed by atoms with Gasteiger partial charge in [0.1, 0.15) is 11.4 Å². The van der Waals surface area contributed by atoms with Gasteiger partial charge in [0.25, 0.3) is 0 Å². The topological polar surface area (TPSA) is 26.3 Å². The molecular weight excluding hydrogens is 304 g/mol. The first-order valence-corrected chi connectivity index (χ1v) is 8.58. The van der Waals surface area contributed by atoms with E-state index < -0.39 is 0 Å². The molecule has 2 atom stereocenters. The van der Waals surface area contributed by atoms with E-state index in [1.54, 1.807) is 0 Å². The SMILES string of the molecule is CC1=C2C=CC=CC2C2C(=S)C(=O)C3=C(OC(C)(C)CC3)C2=C1. The number of hydrogen-bond donors (Lipinski definition) is 0. The van der Waals surface area contributed by atoms with Crippen LogP contribution in [0, 0.1) is 11.8 Å². The van der Waals surface area contributed by atoms with Crippen LogP contribution in [0.3, 0.4) is 0 Å². The van der Waals surface area contributed by atoms with E-state index >= 15 is 0 Å². The third kappa shape index (κ3) is 2.13. The van der Waals surface area contributed by atoms with Crippen molar-refractivity contribution in [1.82, 2.24) is 0 Å². The molecule has 0 saturated carbocycles. The van der Waals surface area contributed by atoms with E-state index in [1.807, 2.05) is 12.2 Å². The molecular formula is C20H20O2S. The molecule has 0 amide bonds. The molecule has 23 heavy (non-hydrogen) atoms. The average Bonchev–Trinajstić information content (AvgIpc) is 2.52. The maximum absolute atomic E-state index is 12.8. The van der Waals surface area contributed by atoms with Crippen LogP contribution in [-0.2, 0) is 9.53 Å². The van der Waals surface area contributed by atoms with Gasteiger partial charge >= 0.3 is 0 Å². The van der Waals surface area contributed by atoms with Gasteiger partial charge in [-0.2, -0.15) is 0 Å². The lowest BCUT2D eigenvalue weighted by molar-refractivity contribution is -0.111. The quantitative estimate of drug-likeness (QED) is 0.618. The molecule has 1 heterocycles. The summed E-state index contributed by atoms with van der Waals surface area (Å²) in [5, 5.41) is 0. The van der Waals surface area contributed by atoms with Crippen LogP contribution in [0.5, 0.6) is 0 Å². The van der Waals surface area contributed by atoms with Gasteiger partial charge in [0.05, 0.1) is 4.86 Å². The Bertz CT molecular complexity index is 786. The highest BCUT2D eigenvalue weighted by molar-refractivity contribution is 7.82. The number of Topliss-reactive ketones (excluding diaryl/α,β-unsaturated/α-hetero) is 1. The van der Waals surface area contributed by atoms with Gasteiger partial charge in [-0.15, -0.1) is 0 Å². The Labute approximate surface area is 142 Å². The lowest BCUT2D eigenvalue weighted by Gasteiger charge is -2.43. The number of ketones is 1. The second kappa shape index (κ2) is 4.88. The predicted molar refractivity (Wildman–Crippen MR) is 95.1 cm³/mol. The van der Waals surface area contributed by atoms with E-state index in [0.717, 1.165) is 29.7 Å². The minimum atomic E-state index is -0.232. The van der Waals surface area contributed by atoms with E-state index in [1.165, 1.54) is 11.1 Å². The third-order valence-electron chi connectivity index (χ3n) is 5.26. The highest BCUT2D eigenvalue weighted by Gasteiger charge is 2.46. The van der Waals surface area contributed by atoms with Gasteiger partial charge in [0, 0.05) is 23.0 Å². The molecule has 0 spiro atoms. The number of fused-ring (bicyclic) bond motifs is 4. The van der Waals surface area contributed by atoms with Crippen LogP contribution >= 0.6 is 12.2 Å². The summed E-state index contributed by atoms with van der Waals surface area (Å²) in [5.41, 5.74) is 4.14. The summed E-state index contributed by atoms with van der Waals surface area (Å²) in [6, 6.07) is 0. The largest absolute Gasteiger partial charge is 0.487 e. The minimum absolute atomic E-state index is 0.0227. The molecule has 0 aromatic carbocycles. The van der Waals surface area contributed by atoms with Crippen molar-refractivity contribution in [2.45, 2.75) is 39.2 Å². The van der Waals surface area contributed by atoms with Gasteiger partial charge in [0.2, 0.25) is 0 Å². The van der Waals surface area contributed by atoms with Crippen molar-refractivity contribution >= 4 is 22.9 Å². The van der Waals surface area contributed by atoms with Crippen molar-refractivity contribution in [3.63, 3.8) is 0 Å². The Hall–Kier alpha value is -1.74. The second-order valence-electron chi connectivity index (χ2n) is 7.35. The summed E-state index contributed by atoms with van der Waals surface area (Å²) in [5.74, 6) is 0.907. The molecule has 0 saturated heterocycles. The van der Waals surface area contributed by atoms with Gasteiger partial charge in [-0.1, -0.05) is 42.6 Å². The fraction of sp³-hybridized carbons (Fsp3) is 0.400. The molecule has 2 unspecified atom stereocenters. The fourth-order valence-corrected chi connectivity index (χ4v) is 4.42. The normalized spacial score (nSPS) is 31.3. The molecule has 4 rings (SSSR count). The fourth-order valence-electron chi connectivity index (χ4n) is 4.02. The van der Waals surface area contributed by atoms with Gasteiger partial charge in [0.15, 0.2) is 5.78 Å². The van der Waals surface area contributed by atoms with Crippen LogP contribution in [0.2, 0.25) is 0 Å². The number of ether oxygens (including phenoxy) is 1. The number of thiocarbonyl (C=S) groups is 1. The summed E-state index contributed by atoms with van der Waals surface area (Å²) in [6.07, 6.45) is 12.2. The Morgan fingerprint density at radius 2 is 2.09 bits per heavy atom. The van der Waals surface area contributed by atoms with Crippen molar-refractivity contribution in [3.8, 4) is 0 Å². The maximum atomic E-state index is 12.8. The van der Waals surface area contributed by atoms with Crippen LogP contribution in [-0.4, -0.2) is 16.2 Å². The van der Waals surface area contributed by atoms with E-state index in [4.69, 9.17) is 17.0 Å². The first-order chi connectivity index (χ1) is 10.9. The monoisotopic (exact) mass is 324 g/mol. The van der Waals surface area contributed by atoms with Crippen molar-refractivity contribution < 1.29 is 9.53 Å². The van der Waals surface area contributed by atoms with Gasteiger partial charge in [-0.3, -0.25) is 4.79 Å². The minimum Gasteiger partial charge on any atom is -0.487 e. The molecule has 118 valence electrons. The zero-order valence-corrected chi connectivity index (χ0v) is 14.5. The highest BCUT2D eigenvalue weighted by atomic mass is 32.1. The summed E-state index contributed by atoms with van der Waals surface area (Å²) < 4.78 is 6.26. The van der Waals surface area contributed by atoms with Crippen LogP contribution < -0.4 is 0 Å². The molecule has 0 aromatic heterocycles. The smallest absolute Gasteiger partial charge is 0.200 e. The van der Waals surface area contributed by atoms with E-state index in [-0.39, 0.29) is 23.2 Å². The number of rotatable bonds is 0. The predicted octanol–water partition coefficient (Wildman–Crippen LogP) is 4.40. The van der Waals surface area contributed by atoms with Gasteiger partial charge < -0.3 is 4.74 Å². The Kier molecular flexibility index (Phi) is 3.14. The summed E-state index contributed by atoms with van der Waals surface area (Å²) in [7, 11) is 0. The number of hydrogen-bond acceptors (Lipinski definition) is 3. The van der Waals surface area contributed by atoms with Crippen LogP contribution in [0.15, 0.2) is 58.4 Å². The molecule has 0 bridgehead atoms. The summed E-state index contributed by atoms with van der Waals surface area (Å²) in [6.45, 7) is 6.30. The lowest BCUT2D eigenvalue weighted by Crippen LogP contribution is -2.42. The molecule has 3 heteroatoms. The average molecular weight is 324 g/mol. The molecule has 0 fully saturated rings. The molecule has 1 aliphatic heterocycles. The number of carbonyl (C=O) groups excluding carboxylic acids is 1. The van der Waals surface area contributed by atoms with Crippen molar-refractivity contribution in [2.75, 3.05) is 0 Å². The first kappa shape index (κ1) is 14.8. The first-order valence-electron chi connectivity index (χ1n) is 8.17. The lowest BCUT2D eigenvalue weighted by atomic mass is 9.66. The van der Waals surface area contributed by atoms with Crippen LogP contribution in [0.1, 0.15) is 33.6 Å². The van der Waals surface area contributed by atoms with Crippen molar-refractivity contribution in [1.29, 1.82) is 0 Å². The standard InChI is InChI=1S/C20H20O2S/c1-11-10-15-16(13-7-5-4-6-12(11)13)19(23)17(21)14-8-9-20(2,3)22-18(14)15/h4-7,10,13,16H,8-9H2,1-3H3. The second-order valence-corrected chi connectivity index (χ2v) is 7.79.